The summed E-state index contributed by atoms with van der Waals surface area (Å²) in [7, 11) is -4.25. The van der Waals surface area contributed by atoms with E-state index in [-0.39, 0.29) is 17.9 Å². The Kier molecular flexibility index (Phi) is 7.50. The molecule has 2 aromatic carbocycles. The van der Waals surface area contributed by atoms with Gasteiger partial charge in [-0.15, -0.1) is 13.2 Å². The molecular formula is C18H17ClF3NO5S. The molecule has 0 aliphatic heterocycles. The fourth-order valence-corrected chi connectivity index (χ4v) is 3.77. The molecule has 2 rings (SSSR count). The van der Waals surface area contributed by atoms with Crippen molar-refractivity contribution in [2.45, 2.75) is 30.6 Å². The molecule has 0 aliphatic rings. The summed E-state index contributed by atoms with van der Waals surface area (Å²) < 4.78 is 72.8. The van der Waals surface area contributed by atoms with Gasteiger partial charge in [-0.05, 0) is 42.8 Å². The SMILES string of the molecule is CCOC(=O)[C@H](Cc1ccccc1Cl)NS(=O)(=O)c1ccc(OC(F)(F)F)cc1. The predicted molar refractivity (Wildman–Crippen MR) is 99.0 cm³/mol. The van der Waals surface area contributed by atoms with E-state index >= 15 is 0 Å². The zero-order chi connectivity index (χ0) is 21.7. The quantitative estimate of drug-likeness (QED) is 0.619. The van der Waals surface area contributed by atoms with Gasteiger partial charge in [-0.3, -0.25) is 4.79 Å². The van der Waals surface area contributed by atoms with Crippen LogP contribution in [0.2, 0.25) is 5.02 Å². The highest BCUT2D eigenvalue weighted by Gasteiger charge is 2.32. The number of hydrogen-bond acceptors (Lipinski definition) is 5. The van der Waals surface area contributed by atoms with Crippen molar-refractivity contribution in [2.24, 2.45) is 0 Å². The van der Waals surface area contributed by atoms with Crippen LogP contribution in [-0.2, 0) is 26.0 Å². The van der Waals surface area contributed by atoms with Gasteiger partial charge < -0.3 is 9.47 Å². The van der Waals surface area contributed by atoms with Gasteiger partial charge in [0.1, 0.15) is 11.8 Å². The summed E-state index contributed by atoms with van der Waals surface area (Å²) >= 11 is 6.07. The first-order chi connectivity index (χ1) is 13.5. The van der Waals surface area contributed by atoms with E-state index in [0.29, 0.717) is 10.6 Å². The number of carbonyl (C=O) groups excluding carboxylic acids is 1. The van der Waals surface area contributed by atoms with E-state index < -0.39 is 34.1 Å². The number of nitrogens with one attached hydrogen (secondary N) is 1. The largest absolute Gasteiger partial charge is 0.573 e. The second kappa shape index (κ2) is 9.47. The number of alkyl halides is 3. The summed E-state index contributed by atoms with van der Waals surface area (Å²) in [5.74, 6) is -1.39. The minimum atomic E-state index is -4.90. The van der Waals surface area contributed by atoms with Crippen molar-refractivity contribution in [3.8, 4) is 5.75 Å². The van der Waals surface area contributed by atoms with Crippen molar-refractivity contribution in [1.29, 1.82) is 0 Å². The summed E-state index contributed by atoms with van der Waals surface area (Å²) in [6, 6.07) is 8.87. The zero-order valence-electron chi connectivity index (χ0n) is 15.1. The lowest BCUT2D eigenvalue weighted by atomic mass is 10.1. The molecule has 0 radical (unpaired) electrons. The molecule has 0 aromatic heterocycles. The van der Waals surface area contributed by atoms with Crippen LogP contribution < -0.4 is 9.46 Å². The van der Waals surface area contributed by atoms with Crippen LogP contribution in [0.1, 0.15) is 12.5 Å². The third kappa shape index (κ3) is 6.91. The molecule has 11 heteroatoms. The molecule has 29 heavy (non-hydrogen) atoms. The van der Waals surface area contributed by atoms with Crippen molar-refractivity contribution < 1.29 is 35.9 Å². The molecular weight excluding hydrogens is 435 g/mol. The fourth-order valence-electron chi connectivity index (χ4n) is 2.38. The highest BCUT2D eigenvalue weighted by molar-refractivity contribution is 7.89. The van der Waals surface area contributed by atoms with Gasteiger partial charge in [-0.2, -0.15) is 4.72 Å². The molecule has 0 spiro atoms. The van der Waals surface area contributed by atoms with Gasteiger partial charge in [0.25, 0.3) is 0 Å². The lowest BCUT2D eigenvalue weighted by Gasteiger charge is -2.18. The molecule has 1 N–H and O–H groups in total. The average molecular weight is 452 g/mol. The molecule has 0 aliphatic carbocycles. The highest BCUT2D eigenvalue weighted by Crippen LogP contribution is 2.24. The first kappa shape index (κ1) is 23.0. The Bertz CT molecular complexity index is 949. The average Bonchev–Trinajstić information content (AvgIpc) is 2.62. The highest BCUT2D eigenvalue weighted by atomic mass is 35.5. The molecule has 0 saturated carbocycles. The standard InChI is InChI=1S/C18H17ClF3NO5S/c1-2-27-17(24)16(11-12-5-3-4-6-15(12)19)23-29(25,26)14-9-7-13(8-10-14)28-18(20,21)22/h3-10,16,23H,2,11H2,1H3/t16-/m0/s1. The van der Waals surface area contributed by atoms with Gasteiger partial charge >= 0.3 is 12.3 Å². The minimum Gasteiger partial charge on any atom is -0.465 e. The molecule has 158 valence electrons. The van der Waals surface area contributed by atoms with Gasteiger partial charge in [-0.25, -0.2) is 8.42 Å². The van der Waals surface area contributed by atoms with Crippen molar-refractivity contribution in [1.82, 2.24) is 4.72 Å². The van der Waals surface area contributed by atoms with E-state index in [1.807, 2.05) is 0 Å². The zero-order valence-corrected chi connectivity index (χ0v) is 16.6. The van der Waals surface area contributed by atoms with Gasteiger partial charge in [0.2, 0.25) is 10.0 Å². The summed E-state index contributed by atoms with van der Waals surface area (Å²) in [4.78, 5) is 11.9. The number of sulfonamides is 1. The van der Waals surface area contributed by atoms with Crippen LogP contribution in [0.5, 0.6) is 5.75 Å². The number of esters is 1. The molecule has 0 fully saturated rings. The van der Waals surface area contributed by atoms with E-state index in [1.165, 1.54) is 0 Å². The summed E-state index contributed by atoms with van der Waals surface area (Å²) in [6.07, 6.45) is -4.98. The van der Waals surface area contributed by atoms with E-state index in [0.717, 1.165) is 24.3 Å². The molecule has 0 bridgehead atoms. The smallest absolute Gasteiger partial charge is 0.465 e. The number of rotatable bonds is 8. The number of benzene rings is 2. The molecule has 6 nitrogen and oxygen atoms in total. The Hall–Kier alpha value is -2.30. The lowest BCUT2D eigenvalue weighted by Crippen LogP contribution is -2.43. The van der Waals surface area contributed by atoms with Crippen LogP contribution >= 0.6 is 11.6 Å². The topological polar surface area (TPSA) is 81.7 Å². The first-order valence-electron chi connectivity index (χ1n) is 8.30. The van der Waals surface area contributed by atoms with Crippen molar-refractivity contribution in [2.75, 3.05) is 6.61 Å². The van der Waals surface area contributed by atoms with Crippen LogP contribution in [0.25, 0.3) is 0 Å². The lowest BCUT2D eigenvalue weighted by molar-refractivity contribution is -0.274. The van der Waals surface area contributed by atoms with Gasteiger partial charge in [0.15, 0.2) is 0 Å². The van der Waals surface area contributed by atoms with Crippen LogP contribution in [0.15, 0.2) is 53.4 Å². The number of carbonyl (C=O) groups is 1. The van der Waals surface area contributed by atoms with Crippen molar-refractivity contribution in [3.63, 3.8) is 0 Å². The maximum Gasteiger partial charge on any atom is 0.573 e. The maximum absolute atomic E-state index is 12.6. The van der Waals surface area contributed by atoms with Gasteiger partial charge in [-0.1, -0.05) is 29.8 Å². The molecule has 0 saturated heterocycles. The first-order valence-corrected chi connectivity index (χ1v) is 10.2. The van der Waals surface area contributed by atoms with E-state index in [9.17, 15) is 26.4 Å². The normalized spacial score (nSPS) is 13.0. The van der Waals surface area contributed by atoms with E-state index in [4.69, 9.17) is 16.3 Å². The van der Waals surface area contributed by atoms with Crippen LogP contribution in [0.3, 0.4) is 0 Å². The molecule has 0 heterocycles. The Balaban J connectivity index is 2.24. The molecule has 1 atom stereocenters. The Morgan fingerprint density at radius 2 is 1.76 bits per heavy atom. The van der Waals surface area contributed by atoms with Gasteiger partial charge in [0.05, 0.1) is 11.5 Å². The summed E-state index contributed by atoms with van der Waals surface area (Å²) in [5.41, 5.74) is 0.517. The Labute approximate surface area is 170 Å². The molecule has 0 amide bonds. The Morgan fingerprint density at radius 3 is 2.31 bits per heavy atom. The summed E-state index contributed by atoms with van der Waals surface area (Å²) in [5, 5.41) is 0.342. The number of halogens is 4. The minimum absolute atomic E-state index is 0.0308. The van der Waals surface area contributed by atoms with Crippen molar-refractivity contribution in [3.05, 3.63) is 59.1 Å². The third-order valence-electron chi connectivity index (χ3n) is 3.62. The van der Waals surface area contributed by atoms with Crippen LogP contribution in [0.4, 0.5) is 13.2 Å². The fraction of sp³-hybridized carbons (Fsp3) is 0.278. The molecule has 2 aromatic rings. The van der Waals surface area contributed by atoms with E-state index in [2.05, 4.69) is 9.46 Å². The predicted octanol–water partition coefficient (Wildman–Crippen LogP) is 3.69. The molecule has 0 unspecified atom stereocenters. The van der Waals surface area contributed by atoms with Gasteiger partial charge in [0, 0.05) is 11.4 Å². The van der Waals surface area contributed by atoms with Crippen LogP contribution in [-0.4, -0.2) is 33.4 Å². The number of ether oxygens (including phenoxy) is 2. The van der Waals surface area contributed by atoms with Crippen molar-refractivity contribution >= 4 is 27.6 Å². The second-order valence-electron chi connectivity index (χ2n) is 5.74. The third-order valence-corrected chi connectivity index (χ3v) is 5.47. The second-order valence-corrected chi connectivity index (χ2v) is 7.86. The maximum atomic E-state index is 12.6. The van der Waals surface area contributed by atoms with E-state index in [1.54, 1.807) is 31.2 Å². The van der Waals surface area contributed by atoms with Crippen LogP contribution in [0, 0.1) is 0 Å². The Morgan fingerprint density at radius 1 is 1.14 bits per heavy atom. The number of hydrogen-bond donors (Lipinski definition) is 1. The monoisotopic (exact) mass is 451 g/mol. The summed E-state index contributed by atoms with van der Waals surface area (Å²) in [6.45, 7) is 1.60.